The second-order valence-corrected chi connectivity index (χ2v) is 18.8. The Kier molecular flexibility index (Phi) is 10.4. The lowest BCUT2D eigenvalue weighted by molar-refractivity contribution is -0.181. The standard InChI is InChI=1S/C48H63NO8/c1-44-19-16-34(50)27-46(44)22-23-48(36(28-46)43(52)32-10-8-7-9-11-32)40(44)17-20-45(2)41(48)18-21-47(45,53)30-49(29-33-13-14-35(54-3)26-38(33)56-5)42(51)25-31-12-15-37(55-4)39(24-31)57-6/h12-15,22-24,26,28,32,34,40-41,50,53H,7-11,16-21,25,27,29-30H2,1-6H3/t34?,40-,41-,44-,45+,46+,47-,48-/m1/s1. The van der Waals surface area contributed by atoms with Gasteiger partial charge in [-0.15, -0.1) is 0 Å². The van der Waals surface area contributed by atoms with Crippen LogP contribution < -0.4 is 18.9 Å². The first-order chi connectivity index (χ1) is 27.3. The Hall–Kier alpha value is -3.82. The van der Waals surface area contributed by atoms with E-state index in [1.54, 1.807) is 28.4 Å². The minimum absolute atomic E-state index is 0.0177. The zero-order chi connectivity index (χ0) is 40.4. The highest BCUT2D eigenvalue weighted by molar-refractivity contribution is 6.00. The molecule has 2 bridgehead atoms. The van der Waals surface area contributed by atoms with E-state index in [1.807, 2.05) is 41.3 Å². The van der Waals surface area contributed by atoms with Gasteiger partial charge in [0.2, 0.25) is 5.91 Å². The van der Waals surface area contributed by atoms with Crippen molar-refractivity contribution in [3.63, 3.8) is 0 Å². The van der Waals surface area contributed by atoms with Crippen molar-refractivity contribution >= 4 is 11.7 Å². The molecule has 7 aliphatic carbocycles. The van der Waals surface area contributed by atoms with Crippen LogP contribution in [0.5, 0.6) is 23.0 Å². The summed E-state index contributed by atoms with van der Waals surface area (Å²) in [5.41, 5.74) is -0.155. The molecule has 308 valence electrons. The third-order valence-electron chi connectivity index (χ3n) is 16.4. The summed E-state index contributed by atoms with van der Waals surface area (Å²) in [4.78, 5) is 31.5. The molecular formula is C48H63NO8. The van der Waals surface area contributed by atoms with Gasteiger partial charge in [-0.3, -0.25) is 9.59 Å². The Morgan fingerprint density at radius 1 is 0.772 bits per heavy atom. The van der Waals surface area contributed by atoms with E-state index in [0.717, 1.165) is 74.5 Å². The summed E-state index contributed by atoms with van der Waals surface area (Å²) in [6.07, 6.45) is 17.4. The number of hydrogen-bond acceptors (Lipinski definition) is 8. The third kappa shape index (κ3) is 6.15. The summed E-state index contributed by atoms with van der Waals surface area (Å²) in [6, 6.07) is 11.2. The van der Waals surface area contributed by atoms with Crippen LogP contribution in [0.2, 0.25) is 0 Å². The van der Waals surface area contributed by atoms with Crippen molar-refractivity contribution in [2.45, 2.75) is 116 Å². The maximum absolute atomic E-state index is 15.0. The quantitative estimate of drug-likeness (QED) is 0.208. The lowest BCUT2D eigenvalue weighted by Gasteiger charge is -2.71. The number of Topliss-reactive ketones (excluding diaryl/α,β-unsaturated/α-hetero) is 1. The normalized spacial score (nSPS) is 35.4. The van der Waals surface area contributed by atoms with Gasteiger partial charge in [0, 0.05) is 45.9 Å². The smallest absolute Gasteiger partial charge is 0.227 e. The van der Waals surface area contributed by atoms with E-state index in [1.165, 1.54) is 6.42 Å². The second kappa shape index (κ2) is 14.8. The molecule has 8 atom stereocenters. The first-order valence-corrected chi connectivity index (χ1v) is 21.4. The van der Waals surface area contributed by atoms with E-state index in [0.29, 0.717) is 41.6 Å². The number of ketones is 1. The largest absolute Gasteiger partial charge is 0.497 e. The van der Waals surface area contributed by atoms with Crippen molar-refractivity contribution in [3.05, 3.63) is 71.3 Å². The first-order valence-electron chi connectivity index (χ1n) is 21.4. The van der Waals surface area contributed by atoms with Gasteiger partial charge in [-0.1, -0.05) is 57.4 Å². The third-order valence-corrected chi connectivity index (χ3v) is 16.4. The minimum atomic E-state index is -1.22. The monoisotopic (exact) mass is 781 g/mol. The Morgan fingerprint density at radius 3 is 2.19 bits per heavy atom. The molecule has 1 amide bonds. The molecule has 2 aromatic rings. The lowest BCUT2D eigenvalue weighted by Crippen LogP contribution is -2.67. The summed E-state index contributed by atoms with van der Waals surface area (Å²) in [5.74, 6) is 2.89. The van der Waals surface area contributed by atoms with Crippen LogP contribution in [0.1, 0.15) is 102 Å². The molecule has 4 fully saturated rings. The van der Waals surface area contributed by atoms with Gasteiger partial charge >= 0.3 is 0 Å². The zero-order valence-electron chi connectivity index (χ0n) is 34.9. The molecule has 9 heteroatoms. The van der Waals surface area contributed by atoms with Gasteiger partial charge < -0.3 is 34.1 Å². The second-order valence-electron chi connectivity index (χ2n) is 18.8. The number of fused-ring (bicyclic) bond motifs is 1. The molecular weight excluding hydrogens is 719 g/mol. The highest BCUT2D eigenvalue weighted by atomic mass is 16.5. The molecule has 0 heterocycles. The molecule has 0 aromatic heterocycles. The highest BCUT2D eigenvalue weighted by Crippen LogP contribution is 2.78. The fraction of sp³-hybridized carbons (Fsp3) is 0.625. The van der Waals surface area contributed by atoms with Crippen molar-refractivity contribution < 1.29 is 38.7 Å². The molecule has 2 N–H and O–H groups in total. The zero-order valence-corrected chi connectivity index (χ0v) is 34.9. The summed E-state index contributed by atoms with van der Waals surface area (Å²) in [7, 11) is 6.41. The number of aliphatic hydroxyl groups is 2. The van der Waals surface area contributed by atoms with Gasteiger partial charge in [0.15, 0.2) is 17.3 Å². The first kappa shape index (κ1) is 40.0. The number of nitrogens with zero attached hydrogens (tertiary/aromatic N) is 1. The fourth-order valence-electron chi connectivity index (χ4n) is 13.2. The van der Waals surface area contributed by atoms with Gasteiger partial charge in [-0.05, 0) is 105 Å². The molecule has 7 aliphatic rings. The number of rotatable bonds is 12. The van der Waals surface area contributed by atoms with Gasteiger partial charge in [0.1, 0.15) is 11.5 Å². The van der Waals surface area contributed by atoms with Crippen molar-refractivity contribution in [1.29, 1.82) is 0 Å². The summed E-state index contributed by atoms with van der Waals surface area (Å²) < 4.78 is 22.3. The number of ether oxygens (including phenoxy) is 4. The molecule has 57 heavy (non-hydrogen) atoms. The van der Waals surface area contributed by atoms with Crippen LogP contribution in [0.15, 0.2) is 60.2 Å². The van der Waals surface area contributed by atoms with E-state index in [9.17, 15) is 15.0 Å². The average Bonchev–Trinajstić information content (AvgIpc) is 3.50. The molecule has 0 aliphatic heterocycles. The number of carbonyl (C=O) groups is 2. The Bertz CT molecular complexity index is 1950. The number of methoxy groups -OCH3 is 4. The lowest BCUT2D eigenvalue weighted by atomic mass is 9.32. The van der Waals surface area contributed by atoms with Gasteiger partial charge in [0.05, 0.1) is 53.1 Å². The molecule has 0 saturated heterocycles. The molecule has 2 aromatic carbocycles. The van der Waals surface area contributed by atoms with Crippen molar-refractivity contribution in [2.75, 3.05) is 35.0 Å². The number of hydrogen-bond donors (Lipinski definition) is 2. The number of aliphatic hydroxyl groups excluding tert-OH is 1. The predicted octanol–water partition coefficient (Wildman–Crippen LogP) is 8.03. The SMILES string of the molecule is COc1ccc(CN(C[C@]2(O)CC[C@H]3[C@]45C=C[C@@]6(C=C4C(=O)C4CCCCC4)CC(O)CC[C@]6(C)[C@H]5CC[C@@]32C)C(=O)Cc2ccc(OC)c(OC)c2)c(OC)c1. The van der Waals surface area contributed by atoms with Gasteiger partial charge in [0.25, 0.3) is 0 Å². The summed E-state index contributed by atoms with van der Waals surface area (Å²) in [6.45, 7) is 5.07. The van der Waals surface area contributed by atoms with Crippen LogP contribution in [-0.4, -0.2) is 73.5 Å². The number of amides is 1. The number of allylic oxidation sites excluding steroid dienone is 4. The molecule has 9 rings (SSSR count). The molecule has 2 spiro atoms. The van der Waals surface area contributed by atoms with E-state index < -0.39 is 16.4 Å². The van der Waals surface area contributed by atoms with Crippen LogP contribution in [0.4, 0.5) is 0 Å². The molecule has 9 nitrogen and oxygen atoms in total. The summed E-state index contributed by atoms with van der Waals surface area (Å²) in [5, 5.41) is 24.4. The van der Waals surface area contributed by atoms with Crippen LogP contribution in [-0.2, 0) is 22.6 Å². The van der Waals surface area contributed by atoms with E-state index >= 15 is 4.79 Å². The maximum Gasteiger partial charge on any atom is 0.227 e. The molecule has 0 radical (unpaired) electrons. The van der Waals surface area contributed by atoms with Crippen LogP contribution >= 0.6 is 0 Å². The minimum Gasteiger partial charge on any atom is -0.497 e. The van der Waals surface area contributed by atoms with Crippen molar-refractivity contribution in [3.8, 4) is 23.0 Å². The van der Waals surface area contributed by atoms with E-state index in [2.05, 4.69) is 32.1 Å². The number of carbonyl (C=O) groups excluding carboxylic acids is 2. The Morgan fingerprint density at radius 2 is 1.47 bits per heavy atom. The van der Waals surface area contributed by atoms with E-state index in [4.69, 9.17) is 18.9 Å². The van der Waals surface area contributed by atoms with Crippen LogP contribution in [0, 0.1) is 39.4 Å². The Labute approximate surface area is 338 Å². The predicted molar refractivity (Wildman–Crippen MR) is 218 cm³/mol. The van der Waals surface area contributed by atoms with E-state index in [-0.39, 0.29) is 60.1 Å². The van der Waals surface area contributed by atoms with Crippen molar-refractivity contribution in [1.82, 2.24) is 4.90 Å². The van der Waals surface area contributed by atoms with Crippen LogP contribution in [0.25, 0.3) is 0 Å². The maximum atomic E-state index is 15.0. The molecule has 4 saturated carbocycles. The van der Waals surface area contributed by atoms with Gasteiger partial charge in [-0.2, -0.15) is 0 Å². The van der Waals surface area contributed by atoms with Crippen LogP contribution in [0.3, 0.4) is 0 Å². The Balaban J connectivity index is 1.17. The average molecular weight is 782 g/mol. The highest BCUT2D eigenvalue weighted by Gasteiger charge is 2.74. The fourth-order valence-corrected chi connectivity index (χ4v) is 13.2. The van der Waals surface area contributed by atoms with Crippen molar-refractivity contribution in [2.24, 2.45) is 39.4 Å². The topological polar surface area (TPSA) is 115 Å². The van der Waals surface area contributed by atoms with Gasteiger partial charge in [-0.25, -0.2) is 0 Å². The number of benzene rings is 2. The molecule has 1 unspecified atom stereocenters. The summed E-state index contributed by atoms with van der Waals surface area (Å²) >= 11 is 0.